The van der Waals surface area contributed by atoms with Gasteiger partial charge in [-0.15, -0.1) is 0 Å². The van der Waals surface area contributed by atoms with Crippen molar-refractivity contribution in [3.63, 3.8) is 0 Å². The number of sulfonamides is 1. The van der Waals surface area contributed by atoms with Crippen LogP contribution in [0.5, 0.6) is 0 Å². The number of carbonyl (C=O) groups is 1. The fraction of sp³-hybridized carbons (Fsp3) is 0.667. The zero-order chi connectivity index (χ0) is 20.0. The molecule has 1 aromatic rings. The SMILES string of the molecule is O=C(NCC1CCN(S(=O)(=O)c2ccccc2F)C1)NC12CC3CC4CC(C1)C432. The summed E-state index contributed by atoms with van der Waals surface area (Å²) in [4.78, 5) is 12.2. The second-order valence-corrected chi connectivity index (χ2v) is 11.7. The third-order valence-electron chi connectivity index (χ3n) is 8.79. The Balaban J connectivity index is 1.04. The number of halogens is 1. The van der Waals surface area contributed by atoms with Crippen LogP contribution in [-0.4, -0.2) is 43.9 Å². The number of benzene rings is 1. The topological polar surface area (TPSA) is 78.5 Å². The molecule has 0 bridgehead atoms. The number of hydrogen-bond acceptors (Lipinski definition) is 3. The average molecular weight is 420 g/mol. The predicted octanol–water partition coefficient (Wildman–Crippen LogP) is 2.32. The first-order chi connectivity index (χ1) is 13.9. The Morgan fingerprint density at radius 2 is 1.90 bits per heavy atom. The molecule has 3 atom stereocenters. The molecule has 29 heavy (non-hydrogen) atoms. The molecule has 3 unspecified atom stereocenters. The molecule has 0 aromatic heterocycles. The number of carbonyl (C=O) groups excluding carboxylic acids is 1. The van der Waals surface area contributed by atoms with Gasteiger partial charge in [-0.2, -0.15) is 4.31 Å². The molecule has 1 saturated heterocycles. The zero-order valence-electron chi connectivity index (χ0n) is 16.2. The van der Waals surface area contributed by atoms with E-state index in [1.807, 2.05) is 0 Å². The predicted molar refractivity (Wildman–Crippen MR) is 104 cm³/mol. The molecule has 5 aliphatic rings. The van der Waals surface area contributed by atoms with Gasteiger partial charge in [-0.25, -0.2) is 17.6 Å². The molecule has 1 spiro atoms. The molecule has 156 valence electrons. The quantitative estimate of drug-likeness (QED) is 0.769. The van der Waals surface area contributed by atoms with E-state index < -0.39 is 15.8 Å². The summed E-state index contributed by atoms with van der Waals surface area (Å²) in [6, 6.07) is 5.35. The molecule has 2 amide bonds. The molecule has 4 saturated carbocycles. The normalized spacial score (nSPS) is 41.7. The van der Waals surface area contributed by atoms with Crippen molar-refractivity contribution in [1.29, 1.82) is 0 Å². The summed E-state index contributed by atoms with van der Waals surface area (Å²) in [5.74, 6) is 1.84. The highest BCUT2D eigenvalue weighted by molar-refractivity contribution is 7.89. The lowest BCUT2D eigenvalue weighted by Crippen LogP contribution is -2.93. The minimum atomic E-state index is -3.84. The number of urea groups is 1. The van der Waals surface area contributed by atoms with Crippen molar-refractivity contribution in [3.05, 3.63) is 30.1 Å². The van der Waals surface area contributed by atoms with Gasteiger partial charge in [0.2, 0.25) is 10.0 Å². The second-order valence-electron chi connectivity index (χ2n) is 9.77. The van der Waals surface area contributed by atoms with Gasteiger partial charge in [0.1, 0.15) is 10.7 Å². The summed E-state index contributed by atoms with van der Waals surface area (Å²) in [5, 5.41) is 6.25. The van der Waals surface area contributed by atoms with Gasteiger partial charge >= 0.3 is 6.03 Å². The summed E-state index contributed by atoms with van der Waals surface area (Å²) >= 11 is 0. The van der Waals surface area contributed by atoms with E-state index in [4.69, 9.17) is 0 Å². The number of amides is 2. The van der Waals surface area contributed by atoms with Crippen molar-refractivity contribution >= 4 is 16.1 Å². The van der Waals surface area contributed by atoms with E-state index in [0.717, 1.165) is 36.7 Å². The summed E-state index contributed by atoms with van der Waals surface area (Å²) in [6.07, 6.45) is 5.64. The van der Waals surface area contributed by atoms with E-state index >= 15 is 0 Å². The average Bonchev–Trinajstić information content (AvgIpc) is 3.10. The van der Waals surface area contributed by atoms with E-state index in [2.05, 4.69) is 10.6 Å². The van der Waals surface area contributed by atoms with Crippen LogP contribution in [0.15, 0.2) is 29.2 Å². The van der Waals surface area contributed by atoms with E-state index in [-0.39, 0.29) is 22.4 Å². The van der Waals surface area contributed by atoms with Crippen molar-refractivity contribution in [2.75, 3.05) is 19.6 Å². The summed E-state index contributed by atoms with van der Waals surface area (Å²) in [7, 11) is -3.84. The van der Waals surface area contributed by atoms with Gasteiger partial charge in [0.05, 0.1) is 0 Å². The van der Waals surface area contributed by atoms with Gasteiger partial charge in [0.25, 0.3) is 0 Å². The van der Waals surface area contributed by atoms with Crippen molar-refractivity contribution in [3.8, 4) is 0 Å². The molecule has 2 N–H and O–H groups in total. The molecule has 6 nitrogen and oxygen atoms in total. The molecule has 5 fully saturated rings. The van der Waals surface area contributed by atoms with Crippen LogP contribution in [0.1, 0.15) is 32.1 Å². The number of nitrogens with zero attached hydrogens (tertiary/aromatic N) is 1. The highest BCUT2D eigenvalue weighted by Gasteiger charge is 2.88. The Morgan fingerprint density at radius 3 is 2.55 bits per heavy atom. The van der Waals surface area contributed by atoms with Crippen LogP contribution in [0.4, 0.5) is 9.18 Å². The zero-order valence-corrected chi connectivity index (χ0v) is 17.1. The van der Waals surface area contributed by atoms with Gasteiger partial charge < -0.3 is 10.6 Å². The molecule has 1 aliphatic heterocycles. The monoisotopic (exact) mass is 419 g/mol. The maximum Gasteiger partial charge on any atom is 0.315 e. The molecular weight excluding hydrogens is 393 g/mol. The van der Waals surface area contributed by atoms with Crippen LogP contribution in [0, 0.1) is 34.9 Å². The first kappa shape index (κ1) is 18.1. The lowest BCUT2D eigenvalue weighted by Gasteiger charge is -2.90. The first-order valence-electron chi connectivity index (χ1n) is 10.7. The summed E-state index contributed by atoms with van der Waals surface area (Å²) in [5.41, 5.74) is 0.492. The smallest absolute Gasteiger partial charge is 0.315 e. The van der Waals surface area contributed by atoms with Crippen LogP contribution < -0.4 is 10.6 Å². The van der Waals surface area contributed by atoms with Crippen LogP contribution >= 0.6 is 0 Å². The Labute approximate surface area is 170 Å². The van der Waals surface area contributed by atoms with Gasteiger partial charge in [0.15, 0.2) is 0 Å². The van der Waals surface area contributed by atoms with Gasteiger partial charge in [0, 0.05) is 30.6 Å². The van der Waals surface area contributed by atoms with Crippen molar-refractivity contribution in [2.45, 2.75) is 42.5 Å². The fourth-order valence-electron chi connectivity index (χ4n) is 7.62. The van der Waals surface area contributed by atoms with Crippen LogP contribution in [0.25, 0.3) is 0 Å². The molecule has 8 heteroatoms. The van der Waals surface area contributed by atoms with E-state index in [9.17, 15) is 17.6 Å². The molecule has 0 radical (unpaired) electrons. The number of rotatable bonds is 5. The fourth-order valence-corrected chi connectivity index (χ4v) is 9.21. The Kier molecular flexibility index (Phi) is 3.58. The summed E-state index contributed by atoms with van der Waals surface area (Å²) in [6.45, 7) is 1.09. The number of nitrogens with one attached hydrogen (secondary N) is 2. The maximum atomic E-state index is 13.9. The van der Waals surface area contributed by atoms with Crippen LogP contribution in [-0.2, 0) is 10.0 Å². The molecular formula is C21H26FN3O3S. The minimum absolute atomic E-state index is 0.0430. The standard InChI is InChI=1S/C21H26FN3O3S/c22-17-3-1-2-4-18(17)29(27,28)25-6-5-13(12-25)11-23-19(26)24-20-9-15-7-14-8-16(10-20)21(14,15)20/h1-4,13-16H,5-12H2,(H2,23,24,26). The third kappa shape index (κ3) is 2.14. The lowest BCUT2D eigenvalue weighted by atomic mass is 9.15. The lowest BCUT2D eigenvalue weighted by molar-refractivity contribution is -0.393. The Morgan fingerprint density at radius 1 is 1.17 bits per heavy atom. The number of hydrogen-bond donors (Lipinski definition) is 2. The van der Waals surface area contributed by atoms with E-state index in [1.165, 1.54) is 35.3 Å². The molecule has 6 rings (SSSR count). The van der Waals surface area contributed by atoms with Crippen molar-refractivity contribution in [2.24, 2.45) is 29.1 Å². The minimum Gasteiger partial charge on any atom is -0.338 e. The maximum absolute atomic E-state index is 13.9. The third-order valence-corrected chi connectivity index (χ3v) is 10.7. The van der Waals surface area contributed by atoms with Crippen LogP contribution in [0.2, 0.25) is 0 Å². The van der Waals surface area contributed by atoms with Gasteiger partial charge in [-0.3, -0.25) is 0 Å². The molecule has 1 heterocycles. The van der Waals surface area contributed by atoms with E-state index in [1.54, 1.807) is 0 Å². The van der Waals surface area contributed by atoms with Crippen molar-refractivity contribution in [1.82, 2.24) is 14.9 Å². The second kappa shape index (κ2) is 5.72. The Bertz CT molecular complexity index is 971. The molecule has 4 aliphatic carbocycles. The highest BCUT2D eigenvalue weighted by atomic mass is 32.2. The van der Waals surface area contributed by atoms with E-state index in [0.29, 0.717) is 31.5 Å². The molecule has 1 aromatic carbocycles. The van der Waals surface area contributed by atoms with Gasteiger partial charge in [-0.1, -0.05) is 12.1 Å². The largest absolute Gasteiger partial charge is 0.338 e. The van der Waals surface area contributed by atoms with Gasteiger partial charge in [-0.05, 0) is 67.9 Å². The summed E-state index contributed by atoms with van der Waals surface area (Å²) < 4.78 is 40.7. The van der Waals surface area contributed by atoms with Crippen LogP contribution in [0.3, 0.4) is 0 Å². The first-order valence-corrected chi connectivity index (χ1v) is 12.1. The Hall–Kier alpha value is -1.67. The highest BCUT2D eigenvalue weighted by Crippen LogP contribution is 2.89. The van der Waals surface area contributed by atoms with Crippen molar-refractivity contribution < 1.29 is 17.6 Å².